The summed E-state index contributed by atoms with van der Waals surface area (Å²) >= 11 is 0. The van der Waals surface area contributed by atoms with Gasteiger partial charge in [-0.25, -0.2) is 4.79 Å². The maximum atomic E-state index is 11.8. The Balaban J connectivity index is 2.22. The van der Waals surface area contributed by atoms with E-state index in [1.165, 1.54) is 0 Å². The number of ether oxygens (including phenoxy) is 2. The Labute approximate surface area is 116 Å². The van der Waals surface area contributed by atoms with E-state index in [0.717, 1.165) is 11.4 Å². The molecule has 0 aliphatic heterocycles. The smallest absolute Gasteiger partial charge is 0.345 e. The third-order valence-corrected chi connectivity index (χ3v) is 2.63. The highest BCUT2D eigenvalue weighted by Crippen LogP contribution is 2.24. The largest absolute Gasteiger partial charge is 0.497 e. The fraction of sp³-hybridized carbons (Fsp3) is 0.231. The fourth-order valence-corrected chi connectivity index (χ4v) is 1.67. The van der Waals surface area contributed by atoms with Crippen molar-refractivity contribution in [3.8, 4) is 5.75 Å². The van der Waals surface area contributed by atoms with Gasteiger partial charge in [0.15, 0.2) is 5.82 Å². The lowest BCUT2D eigenvalue weighted by atomic mass is 10.2. The topological polar surface area (TPSA) is 102 Å². The van der Waals surface area contributed by atoms with Gasteiger partial charge in [0.2, 0.25) is 0 Å². The van der Waals surface area contributed by atoms with E-state index >= 15 is 0 Å². The van der Waals surface area contributed by atoms with Gasteiger partial charge in [0.05, 0.1) is 13.7 Å². The van der Waals surface area contributed by atoms with Crippen LogP contribution in [0.4, 0.5) is 17.3 Å². The van der Waals surface area contributed by atoms with E-state index in [2.05, 4.69) is 15.5 Å². The van der Waals surface area contributed by atoms with Crippen molar-refractivity contribution < 1.29 is 14.3 Å². The van der Waals surface area contributed by atoms with Gasteiger partial charge in [-0.2, -0.15) is 5.10 Å². The van der Waals surface area contributed by atoms with Crippen molar-refractivity contribution >= 4 is 23.3 Å². The highest BCUT2D eigenvalue weighted by molar-refractivity contribution is 6.00. The highest BCUT2D eigenvalue weighted by Gasteiger charge is 2.20. The van der Waals surface area contributed by atoms with Crippen molar-refractivity contribution in [1.29, 1.82) is 0 Å². The van der Waals surface area contributed by atoms with Crippen molar-refractivity contribution in [2.45, 2.75) is 6.92 Å². The maximum absolute atomic E-state index is 11.8. The van der Waals surface area contributed by atoms with E-state index in [4.69, 9.17) is 15.2 Å². The molecule has 2 aromatic rings. The van der Waals surface area contributed by atoms with Crippen LogP contribution in [0.1, 0.15) is 17.3 Å². The molecule has 0 fully saturated rings. The van der Waals surface area contributed by atoms with Crippen LogP contribution in [0.2, 0.25) is 0 Å². The van der Waals surface area contributed by atoms with Gasteiger partial charge in [-0.1, -0.05) is 0 Å². The third kappa shape index (κ3) is 2.82. The molecule has 7 heteroatoms. The van der Waals surface area contributed by atoms with Crippen LogP contribution in [-0.2, 0) is 4.74 Å². The van der Waals surface area contributed by atoms with E-state index < -0.39 is 5.97 Å². The average molecular weight is 276 g/mol. The Hall–Kier alpha value is -2.70. The first kappa shape index (κ1) is 13.7. The summed E-state index contributed by atoms with van der Waals surface area (Å²) in [7, 11) is 1.59. The molecule has 20 heavy (non-hydrogen) atoms. The number of nitrogens with two attached hydrogens (primary N) is 1. The molecule has 0 unspecified atom stereocenters. The molecule has 7 nitrogen and oxygen atoms in total. The lowest BCUT2D eigenvalue weighted by molar-refractivity contribution is 0.0529. The van der Waals surface area contributed by atoms with Crippen LogP contribution in [-0.4, -0.2) is 29.9 Å². The van der Waals surface area contributed by atoms with Crippen molar-refractivity contribution in [3.63, 3.8) is 0 Å². The van der Waals surface area contributed by atoms with E-state index in [0.29, 0.717) is 5.82 Å². The minimum absolute atomic E-state index is 0.166. The minimum Gasteiger partial charge on any atom is -0.497 e. The number of methoxy groups -OCH3 is 1. The molecule has 0 bridgehead atoms. The first-order valence-electron chi connectivity index (χ1n) is 6.07. The Morgan fingerprint density at radius 1 is 1.40 bits per heavy atom. The second-order valence-electron chi connectivity index (χ2n) is 3.93. The molecule has 1 aromatic heterocycles. The number of carbonyl (C=O) groups is 1. The molecular weight excluding hydrogens is 260 g/mol. The first-order valence-corrected chi connectivity index (χ1v) is 6.07. The van der Waals surface area contributed by atoms with Gasteiger partial charge >= 0.3 is 5.97 Å². The lowest BCUT2D eigenvalue weighted by Crippen LogP contribution is -2.08. The van der Waals surface area contributed by atoms with Gasteiger partial charge in [0.25, 0.3) is 0 Å². The number of nitrogens with zero attached hydrogens (tertiary/aromatic N) is 1. The van der Waals surface area contributed by atoms with Crippen LogP contribution < -0.4 is 15.8 Å². The van der Waals surface area contributed by atoms with Crippen molar-refractivity contribution in [1.82, 2.24) is 10.2 Å². The number of rotatable bonds is 5. The molecule has 106 valence electrons. The van der Waals surface area contributed by atoms with Gasteiger partial charge in [-0.15, -0.1) is 0 Å². The van der Waals surface area contributed by atoms with Crippen LogP contribution in [0.5, 0.6) is 5.75 Å². The van der Waals surface area contributed by atoms with Gasteiger partial charge in [0.1, 0.15) is 17.1 Å². The Morgan fingerprint density at radius 2 is 2.10 bits per heavy atom. The molecule has 1 aromatic carbocycles. The zero-order chi connectivity index (χ0) is 14.5. The summed E-state index contributed by atoms with van der Waals surface area (Å²) in [5.41, 5.74) is 6.64. The second-order valence-corrected chi connectivity index (χ2v) is 3.93. The van der Waals surface area contributed by atoms with Crippen LogP contribution in [0.3, 0.4) is 0 Å². The van der Waals surface area contributed by atoms with E-state index in [9.17, 15) is 4.79 Å². The van der Waals surface area contributed by atoms with E-state index in [1.807, 2.05) is 0 Å². The number of aromatic amines is 1. The first-order chi connectivity index (χ1) is 9.65. The third-order valence-electron chi connectivity index (χ3n) is 2.63. The molecule has 0 amide bonds. The number of aromatic nitrogens is 2. The molecule has 2 rings (SSSR count). The molecule has 0 radical (unpaired) electrons. The van der Waals surface area contributed by atoms with Gasteiger partial charge in [-0.05, 0) is 31.2 Å². The van der Waals surface area contributed by atoms with E-state index in [1.54, 1.807) is 38.3 Å². The summed E-state index contributed by atoms with van der Waals surface area (Å²) in [5.74, 6) is 0.711. The van der Waals surface area contributed by atoms with E-state index in [-0.39, 0.29) is 18.0 Å². The monoisotopic (exact) mass is 276 g/mol. The number of nitrogen functional groups attached to an aromatic ring is 1. The Bertz CT molecular complexity index is 592. The molecule has 4 N–H and O–H groups in total. The van der Waals surface area contributed by atoms with Crippen molar-refractivity contribution in [2.24, 2.45) is 0 Å². The summed E-state index contributed by atoms with van der Waals surface area (Å²) in [6.07, 6.45) is 0. The number of benzene rings is 1. The summed E-state index contributed by atoms with van der Waals surface area (Å²) in [6.45, 7) is 2.00. The van der Waals surface area contributed by atoms with Gasteiger partial charge in [0, 0.05) is 5.69 Å². The Morgan fingerprint density at radius 3 is 2.70 bits per heavy atom. The van der Waals surface area contributed by atoms with Crippen LogP contribution in [0.15, 0.2) is 24.3 Å². The minimum atomic E-state index is -0.519. The quantitative estimate of drug-likeness (QED) is 0.721. The standard InChI is InChI=1S/C13H16N4O3/c1-3-20-13(18)10-11(14)16-17-12(10)15-8-4-6-9(19-2)7-5-8/h4-7H,3H2,1-2H3,(H4,14,15,16,17). The zero-order valence-electron chi connectivity index (χ0n) is 11.3. The fourth-order valence-electron chi connectivity index (χ4n) is 1.67. The highest BCUT2D eigenvalue weighted by atomic mass is 16.5. The van der Waals surface area contributed by atoms with Crippen molar-refractivity contribution in [3.05, 3.63) is 29.8 Å². The molecule has 0 spiro atoms. The molecule has 0 aliphatic rings. The second kappa shape index (κ2) is 5.96. The number of esters is 1. The predicted octanol–water partition coefficient (Wildman–Crippen LogP) is 1.92. The maximum Gasteiger partial charge on any atom is 0.345 e. The van der Waals surface area contributed by atoms with Gasteiger partial charge < -0.3 is 20.5 Å². The lowest BCUT2D eigenvalue weighted by Gasteiger charge is -2.07. The summed E-state index contributed by atoms with van der Waals surface area (Å²) in [4.78, 5) is 11.8. The number of H-pyrrole nitrogens is 1. The average Bonchev–Trinajstić information content (AvgIpc) is 2.81. The molecular formula is C13H16N4O3. The number of carbonyl (C=O) groups excluding carboxylic acids is 1. The molecule has 0 saturated heterocycles. The zero-order valence-corrected chi connectivity index (χ0v) is 11.3. The molecule has 0 aliphatic carbocycles. The molecule has 0 atom stereocenters. The van der Waals surface area contributed by atoms with Crippen LogP contribution in [0, 0.1) is 0 Å². The van der Waals surface area contributed by atoms with Crippen LogP contribution in [0.25, 0.3) is 0 Å². The van der Waals surface area contributed by atoms with Gasteiger partial charge in [-0.3, -0.25) is 5.10 Å². The molecule has 1 heterocycles. The van der Waals surface area contributed by atoms with Crippen LogP contribution >= 0.6 is 0 Å². The Kier molecular flexibility index (Phi) is 4.09. The predicted molar refractivity (Wildman–Crippen MR) is 75.2 cm³/mol. The number of anilines is 3. The summed E-state index contributed by atoms with van der Waals surface area (Å²) in [6, 6.07) is 7.20. The normalized spacial score (nSPS) is 10.1. The molecule has 0 saturated carbocycles. The summed E-state index contributed by atoms with van der Waals surface area (Å²) < 4.78 is 10.0. The van der Waals surface area contributed by atoms with Crippen molar-refractivity contribution in [2.75, 3.05) is 24.8 Å². The number of nitrogens with one attached hydrogen (secondary N) is 2. The summed E-state index contributed by atoms with van der Waals surface area (Å²) in [5, 5.41) is 9.53. The SMILES string of the molecule is CCOC(=O)c1c(Nc2ccc(OC)cc2)n[nH]c1N. The number of hydrogen-bond donors (Lipinski definition) is 3. The number of hydrogen-bond acceptors (Lipinski definition) is 6.